The van der Waals surface area contributed by atoms with Crippen molar-refractivity contribution in [3.63, 3.8) is 0 Å². The van der Waals surface area contributed by atoms with Crippen molar-refractivity contribution in [1.82, 2.24) is 0 Å². The Hall–Kier alpha value is -1.95. The Balaban J connectivity index is 1.89. The van der Waals surface area contributed by atoms with Crippen LogP contribution >= 0.6 is 46.4 Å². The van der Waals surface area contributed by atoms with Crippen LogP contribution in [-0.4, -0.2) is 40.6 Å². The summed E-state index contributed by atoms with van der Waals surface area (Å²) in [6, 6.07) is 10.2. The van der Waals surface area contributed by atoms with Crippen LogP contribution in [0.3, 0.4) is 0 Å². The molecule has 2 aromatic rings. The molecule has 2 aliphatic rings. The Bertz CT molecular complexity index is 1220. The van der Waals surface area contributed by atoms with E-state index in [1.165, 1.54) is 13.8 Å². The second-order valence-electron chi connectivity index (χ2n) is 8.91. The Kier molecular flexibility index (Phi) is 6.84. The molecule has 2 aromatic carbocycles. The second-order valence-corrected chi connectivity index (χ2v) is 10.5. The van der Waals surface area contributed by atoms with Crippen LogP contribution in [0.25, 0.3) is 12.2 Å². The van der Waals surface area contributed by atoms with E-state index < -0.39 is 5.54 Å². The van der Waals surface area contributed by atoms with Gasteiger partial charge in [0, 0.05) is 19.8 Å². The molecular formula is C26H22Cl4NO3+. The van der Waals surface area contributed by atoms with Crippen LogP contribution in [-0.2, 0) is 14.4 Å². The van der Waals surface area contributed by atoms with Gasteiger partial charge in [-0.1, -0.05) is 58.5 Å². The first-order chi connectivity index (χ1) is 16.0. The molecule has 1 aliphatic carbocycles. The minimum atomic E-state index is -0.819. The molecule has 8 heteroatoms. The summed E-state index contributed by atoms with van der Waals surface area (Å²) < 4.78 is -0.117. The summed E-state index contributed by atoms with van der Waals surface area (Å²) in [5.41, 5.74) is 1.41. The highest BCUT2D eigenvalue weighted by Gasteiger charge is 2.68. The van der Waals surface area contributed by atoms with Crippen LogP contribution in [0.4, 0.5) is 0 Å². The van der Waals surface area contributed by atoms with Gasteiger partial charge in [-0.3, -0.25) is 9.59 Å². The van der Waals surface area contributed by atoms with Gasteiger partial charge in [0.2, 0.25) is 0 Å². The first kappa shape index (κ1) is 25.2. The quantitative estimate of drug-likeness (QED) is 0.317. The molecule has 2 fully saturated rings. The molecule has 4 rings (SSSR count). The molecule has 0 radical (unpaired) electrons. The number of likely N-dealkylation sites (tertiary alicyclic amines) is 1. The van der Waals surface area contributed by atoms with Crippen molar-refractivity contribution in [1.29, 1.82) is 0 Å². The summed E-state index contributed by atoms with van der Waals surface area (Å²) >= 11 is 24.4. The lowest BCUT2D eigenvalue weighted by atomic mass is 9.88. The monoisotopic (exact) mass is 536 g/mol. The zero-order valence-electron chi connectivity index (χ0n) is 18.6. The van der Waals surface area contributed by atoms with Crippen molar-refractivity contribution >= 4 is 76.0 Å². The van der Waals surface area contributed by atoms with E-state index >= 15 is 0 Å². The number of ketones is 2. The predicted octanol–water partition coefficient (Wildman–Crippen LogP) is 6.83. The smallest absolute Gasteiger partial charge is 0.293 e. The summed E-state index contributed by atoms with van der Waals surface area (Å²) in [7, 11) is 0. The molecule has 0 atom stereocenters. The molecule has 0 aromatic heterocycles. The number of hydrogen-bond acceptors (Lipinski definition) is 3. The highest BCUT2D eigenvalue weighted by molar-refractivity contribution is 6.42. The average Bonchev–Trinajstić information content (AvgIpc) is 3.58. The maximum Gasteiger partial charge on any atom is 0.311 e. The maximum atomic E-state index is 13.6. The number of nitrogens with zero attached hydrogens (tertiary/aromatic N) is 1. The van der Waals surface area contributed by atoms with Crippen molar-refractivity contribution in [2.24, 2.45) is 0 Å². The third kappa shape index (κ3) is 4.38. The molecule has 0 spiro atoms. The van der Waals surface area contributed by atoms with E-state index in [1.807, 2.05) is 0 Å². The fourth-order valence-electron chi connectivity index (χ4n) is 4.84. The Morgan fingerprint density at radius 1 is 0.794 bits per heavy atom. The van der Waals surface area contributed by atoms with Crippen LogP contribution in [0.2, 0.25) is 20.1 Å². The molecule has 1 amide bonds. The van der Waals surface area contributed by atoms with Gasteiger partial charge < -0.3 is 0 Å². The van der Waals surface area contributed by atoms with Crippen molar-refractivity contribution < 1.29 is 18.9 Å². The van der Waals surface area contributed by atoms with Gasteiger partial charge in [0.05, 0.1) is 38.2 Å². The van der Waals surface area contributed by atoms with Crippen molar-refractivity contribution in [2.45, 2.75) is 32.2 Å². The van der Waals surface area contributed by atoms with E-state index in [1.54, 1.807) is 48.6 Å². The average molecular weight is 538 g/mol. The fraction of sp³-hybridized carbons (Fsp3) is 0.269. The summed E-state index contributed by atoms with van der Waals surface area (Å²) in [6.07, 6.45) is 4.66. The van der Waals surface area contributed by atoms with Gasteiger partial charge in [0.1, 0.15) is 13.1 Å². The molecule has 4 nitrogen and oxygen atoms in total. The van der Waals surface area contributed by atoms with E-state index in [2.05, 4.69) is 0 Å². The number of rotatable bonds is 4. The van der Waals surface area contributed by atoms with Crippen LogP contribution in [0.15, 0.2) is 47.5 Å². The van der Waals surface area contributed by atoms with Crippen molar-refractivity contribution in [3.05, 3.63) is 78.8 Å². The Labute approximate surface area is 218 Å². The van der Waals surface area contributed by atoms with Crippen LogP contribution in [0.5, 0.6) is 0 Å². The van der Waals surface area contributed by atoms with Crippen molar-refractivity contribution in [2.75, 3.05) is 13.1 Å². The van der Waals surface area contributed by atoms with E-state index in [4.69, 9.17) is 46.4 Å². The molecule has 176 valence electrons. The fourth-order valence-corrected chi connectivity index (χ4v) is 5.46. The minimum Gasteiger partial charge on any atom is -0.293 e. The lowest BCUT2D eigenvalue weighted by Gasteiger charge is -2.44. The number of Topliss-reactive ketones (excluding diaryl/α,β-unsaturated/α-hetero) is 2. The Morgan fingerprint density at radius 2 is 1.24 bits per heavy atom. The van der Waals surface area contributed by atoms with E-state index in [0.717, 1.165) is 0 Å². The predicted molar refractivity (Wildman–Crippen MR) is 137 cm³/mol. The topological polar surface area (TPSA) is 51.2 Å². The molecular weight excluding hydrogens is 516 g/mol. The number of amides is 1. The van der Waals surface area contributed by atoms with Gasteiger partial charge in [-0.25, -0.2) is 9.28 Å². The van der Waals surface area contributed by atoms with Crippen LogP contribution < -0.4 is 0 Å². The summed E-state index contributed by atoms with van der Waals surface area (Å²) in [4.78, 5) is 39.6. The van der Waals surface area contributed by atoms with E-state index in [-0.39, 0.29) is 35.0 Å². The van der Waals surface area contributed by atoms with Gasteiger partial charge in [-0.15, -0.1) is 0 Å². The number of hydrogen-bond donors (Lipinski definition) is 0. The standard InChI is InChI=1S/C26H22Cl4NO3/c1-15(32)26(7-8-26)31(16(2)33)13-19(9-17-3-5-21(27)23(29)11-17)25(34)20(14-31)10-18-4-6-22(28)24(30)12-18/h3-6,9-12H,7-8,13-14H2,1-2H3/q+1/b19-9+,20-10+. The summed E-state index contributed by atoms with van der Waals surface area (Å²) in [5.74, 6) is -0.383. The minimum absolute atomic E-state index is 0.0418. The largest absolute Gasteiger partial charge is 0.311 e. The molecule has 1 saturated carbocycles. The third-order valence-corrected chi connectivity index (χ3v) is 8.31. The Morgan fingerprint density at radius 3 is 1.56 bits per heavy atom. The summed E-state index contributed by atoms with van der Waals surface area (Å²) in [6.45, 7) is 3.28. The first-order valence-electron chi connectivity index (χ1n) is 10.7. The number of carbonyl (C=O) groups is 3. The van der Waals surface area contributed by atoms with Gasteiger partial charge >= 0.3 is 5.91 Å². The number of piperidine rings is 1. The molecule has 34 heavy (non-hydrogen) atoms. The van der Waals surface area contributed by atoms with Gasteiger partial charge in [0.25, 0.3) is 0 Å². The number of carbonyl (C=O) groups excluding carboxylic acids is 3. The van der Waals surface area contributed by atoms with Gasteiger partial charge in [-0.2, -0.15) is 0 Å². The maximum absolute atomic E-state index is 13.6. The zero-order chi connectivity index (χ0) is 24.8. The van der Waals surface area contributed by atoms with Crippen LogP contribution in [0, 0.1) is 0 Å². The van der Waals surface area contributed by atoms with Crippen molar-refractivity contribution in [3.8, 4) is 0 Å². The molecule has 0 unspecified atom stereocenters. The lowest BCUT2D eigenvalue weighted by molar-refractivity contribution is -0.871. The number of quaternary nitrogens is 1. The van der Waals surface area contributed by atoms with E-state index in [0.29, 0.717) is 55.2 Å². The zero-order valence-corrected chi connectivity index (χ0v) is 21.7. The van der Waals surface area contributed by atoms with Gasteiger partial charge in [-0.05, 0) is 47.5 Å². The number of benzene rings is 2. The second kappa shape index (κ2) is 9.25. The summed E-state index contributed by atoms with van der Waals surface area (Å²) in [5, 5.41) is 1.53. The first-order valence-corrected chi connectivity index (χ1v) is 12.3. The lowest BCUT2D eigenvalue weighted by Crippen LogP contribution is -2.67. The third-order valence-electron chi connectivity index (χ3n) is 6.83. The molecule has 0 N–H and O–H groups in total. The SMILES string of the molecule is CC(=O)C1([N+]2(C(C)=O)C/C(=C\c3ccc(Cl)c(Cl)c3)C(=O)/C(=C/c3ccc(Cl)c(Cl)c3)C2)CC1. The van der Waals surface area contributed by atoms with Crippen LogP contribution in [0.1, 0.15) is 37.8 Å². The molecule has 1 heterocycles. The highest BCUT2D eigenvalue weighted by atomic mass is 35.5. The molecule has 1 saturated heterocycles. The van der Waals surface area contributed by atoms with E-state index in [9.17, 15) is 14.4 Å². The van der Waals surface area contributed by atoms with Gasteiger partial charge in [0.15, 0.2) is 17.1 Å². The number of halogens is 4. The normalized spacial score (nSPS) is 23.9. The highest BCUT2D eigenvalue weighted by Crippen LogP contribution is 2.51. The molecule has 1 aliphatic heterocycles. The molecule has 0 bridgehead atoms.